The molecule has 29 heavy (non-hydrogen) atoms. The van der Waals surface area contributed by atoms with Crippen molar-refractivity contribution in [2.24, 2.45) is 4.99 Å². The van der Waals surface area contributed by atoms with Crippen molar-refractivity contribution in [3.8, 4) is 5.75 Å². The van der Waals surface area contributed by atoms with Crippen LogP contribution in [0.4, 0.5) is 0 Å². The Morgan fingerprint density at radius 3 is 2.69 bits per heavy atom. The largest absolute Gasteiger partial charge is 0.497 e. The number of benzene rings is 1. The van der Waals surface area contributed by atoms with Crippen molar-refractivity contribution in [2.45, 2.75) is 25.3 Å². The van der Waals surface area contributed by atoms with Gasteiger partial charge in [-0.25, -0.2) is 0 Å². The second-order valence-corrected chi connectivity index (χ2v) is 7.57. The fourth-order valence-corrected chi connectivity index (χ4v) is 3.73. The lowest BCUT2D eigenvalue weighted by Crippen LogP contribution is -2.44. The van der Waals surface area contributed by atoms with E-state index in [4.69, 9.17) is 9.47 Å². The highest BCUT2D eigenvalue weighted by Gasteiger charge is 2.24. The fourth-order valence-electron chi connectivity index (χ4n) is 3.73. The zero-order chi connectivity index (χ0) is 20.9. The number of hydrogen-bond acceptors (Lipinski definition) is 5. The van der Waals surface area contributed by atoms with Crippen LogP contribution in [0.5, 0.6) is 5.75 Å². The van der Waals surface area contributed by atoms with Gasteiger partial charge >= 0.3 is 0 Å². The van der Waals surface area contributed by atoms with Crippen LogP contribution in [0.25, 0.3) is 0 Å². The molecule has 1 unspecified atom stereocenters. The van der Waals surface area contributed by atoms with Crippen LogP contribution in [0.3, 0.4) is 0 Å². The molecule has 1 aromatic rings. The predicted molar refractivity (Wildman–Crippen MR) is 120 cm³/mol. The Morgan fingerprint density at radius 2 is 2.00 bits per heavy atom. The summed E-state index contributed by atoms with van der Waals surface area (Å²) in [4.78, 5) is 9.26. The lowest BCUT2D eigenvalue weighted by Gasteiger charge is -2.29. The van der Waals surface area contributed by atoms with Crippen LogP contribution in [0.2, 0.25) is 0 Å². The third-order valence-corrected chi connectivity index (χ3v) is 5.42. The van der Waals surface area contributed by atoms with E-state index in [1.807, 2.05) is 13.1 Å². The quantitative estimate of drug-likeness (QED) is 0.315. The van der Waals surface area contributed by atoms with Crippen LogP contribution < -0.4 is 15.4 Å². The lowest BCUT2D eigenvalue weighted by atomic mass is 10.1. The zero-order valence-corrected chi connectivity index (χ0v) is 18.6. The summed E-state index contributed by atoms with van der Waals surface area (Å²) in [5, 5.41) is 6.96. The smallest absolute Gasteiger partial charge is 0.191 e. The van der Waals surface area contributed by atoms with Crippen molar-refractivity contribution in [1.29, 1.82) is 0 Å². The predicted octanol–water partition coefficient (Wildman–Crippen LogP) is 1.97. The van der Waals surface area contributed by atoms with Crippen molar-refractivity contribution in [3.05, 3.63) is 29.8 Å². The summed E-state index contributed by atoms with van der Waals surface area (Å²) in [6.07, 6.45) is 3.59. The number of rotatable bonds is 12. The maximum atomic E-state index is 5.44. The van der Waals surface area contributed by atoms with Crippen LogP contribution in [0, 0.1) is 0 Å². The summed E-state index contributed by atoms with van der Waals surface area (Å²) in [6, 6.07) is 8.72. The van der Waals surface area contributed by atoms with Gasteiger partial charge in [-0.15, -0.1) is 0 Å². The summed E-state index contributed by atoms with van der Waals surface area (Å²) in [5.41, 5.74) is 1.28. The van der Waals surface area contributed by atoms with Crippen molar-refractivity contribution in [1.82, 2.24) is 20.4 Å². The fraction of sp³-hybridized carbons (Fsp3) is 0.682. The molecular formula is C22H39N5O2. The highest BCUT2D eigenvalue weighted by molar-refractivity contribution is 5.79. The molecule has 2 rings (SSSR count). The average Bonchev–Trinajstić information content (AvgIpc) is 3.27. The summed E-state index contributed by atoms with van der Waals surface area (Å²) < 4.78 is 10.6. The highest BCUT2D eigenvalue weighted by Crippen LogP contribution is 2.27. The number of nitrogens with zero attached hydrogens (tertiary/aromatic N) is 3. The number of likely N-dealkylation sites (tertiary alicyclic amines) is 1. The minimum atomic E-state index is 0.308. The Kier molecular flexibility index (Phi) is 10.8. The number of guanidine groups is 1. The number of aliphatic imine (C=N–C) groups is 1. The molecular weight excluding hydrogens is 366 g/mol. The van der Waals surface area contributed by atoms with E-state index in [9.17, 15) is 0 Å². The van der Waals surface area contributed by atoms with E-state index in [0.717, 1.165) is 64.0 Å². The van der Waals surface area contributed by atoms with Gasteiger partial charge in [-0.2, -0.15) is 0 Å². The number of hydrogen-bond donors (Lipinski definition) is 2. The zero-order valence-electron chi connectivity index (χ0n) is 18.6. The summed E-state index contributed by atoms with van der Waals surface area (Å²) in [7, 11) is 7.44. The molecule has 0 saturated carbocycles. The van der Waals surface area contributed by atoms with Gasteiger partial charge in [0.15, 0.2) is 5.96 Å². The lowest BCUT2D eigenvalue weighted by molar-refractivity contribution is 0.180. The highest BCUT2D eigenvalue weighted by atomic mass is 16.5. The van der Waals surface area contributed by atoms with Gasteiger partial charge in [-0.1, -0.05) is 12.1 Å². The van der Waals surface area contributed by atoms with Crippen molar-refractivity contribution in [3.63, 3.8) is 0 Å². The van der Waals surface area contributed by atoms with Gasteiger partial charge in [0.05, 0.1) is 13.2 Å². The second kappa shape index (κ2) is 13.4. The van der Waals surface area contributed by atoms with Crippen LogP contribution in [-0.4, -0.2) is 89.9 Å². The van der Waals surface area contributed by atoms with E-state index < -0.39 is 0 Å². The third kappa shape index (κ3) is 8.20. The number of nitrogens with one attached hydrogen (secondary N) is 2. The topological polar surface area (TPSA) is 61.4 Å². The van der Waals surface area contributed by atoms with E-state index in [-0.39, 0.29) is 0 Å². The van der Waals surface area contributed by atoms with Crippen LogP contribution in [0.15, 0.2) is 29.3 Å². The van der Waals surface area contributed by atoms with Crippen molar-refractivity contribution in [2.75, 3.05) is 74.2 Å². The monoisotopic (exact) mass is 405 g/mol. The van der Waals surface area contributed by atoms with Crippen LogP contribution >= 0.6 is 0 Å². The van der Waals surface area contributed by atoms with E-state index in [2.05, 4.69) is 50.7 Å². The SMILES string of the molecule is CN=C(NCCN(C)CCCOC)NCC(c1cccc(OC)c1)N1CCCC1. The van der Waals surface area contributed by atoms with Gasteiger partial charge in [0.25, 0.3) is 0 Å². The van der Waals surface area contributed by atoms with Crippen molar-refractivity contribution >= 4 is 5.96 Å². The molecule has 0 aliphatic carbocycles. The molecule has 0 amide bonds. The van der Waals surface area contributed by atoms with Gasteiger partial charge in [-0.05, 0) is 57.1 Å². The maximum absolute atomic E-state index is 5.44. The Hall–Kier alpha value is -1.83. The van der Waals surface area contributed by atoms with Gasteiger partial charge in [0, 0.05) is 46.9 Å². The first-order valence-electron chi connectivity index (χ1n) is 10.7. The molecule has 0 radical (unpaired) electrons. The molecule has 0 aromatic heterocycles. The molecule has 0 spiro atoms. The molecule has 1 atom stereocenters. The Morgan fingerprint density at radius 1 is 1.21 bits per heavy atom. The molecule has 7 nitrogen and oxygen atoms in total. The molecule has 7 heteroatoms. The first kappa shape index (κ1) is 23.4. The number of likely N-dealkylation sites (N-methyl/N-ethyl adjacent to an activating group) is 1. The minimum absolute atomic E-state index is 0.308. The first-order chi connectivity index (χ1) is 14.2. The standard InChI is InChI=1S/C22H39N5O2/c1-23-22(24-11-15-26(2)12-8-16-28-3)25-18-21(27-13-5-6-14-27)19-9-7-10-20(17-19)29-4/h7,9-10,17,21H,5-6,8,11-16,18H2,1-4H3,(H2,23,24,25). The summed E-state index contributed by atoms with van der Waals surface area (Å²) in [6.45, 7) is 6.77. The molecule has 1 heterocycles. The Bertz CT molecular complexity index is 605. The Balaban J connectivity index is 1.86. The van der Waals surface area contributed by atoms with Gasteiger partial charge in [-0.3, -0.25) is 9.89 Å². The molecule has 0 bridgehead atoms. The van der Waals surface area contributed by atoms with Crippen molar-refractivity contribution < 1.29 is 9.47 Å². The minimum Gasteiger partial charge on any atom is -0.497 e. The number of ether oxygens (including phenoxy) is 2. The van der Waals surface area contributed by atoms with E-state index in [1.54, 1.807) is 14.2 Å². The molecule has 164 valence electrons. The Labute approximate surface area is 176 Å². The average molecular weight is 406 g/mol. The normalized spacial score (nSPS) is 16.2. The molecule has 1 aliphatic heterocycles. The third-order valence-electron chi connectivity index (χ3n) is 5.42. The molecule has 1 aliphatic rings. The van der Waals surface area contributed by atoms with E-state index in [1.165, 1.54) is 18.4 Å². The summed E-state index contributed by atoms with van der Waals surface area (Å²) >= 11 is 0. The van der Waals surface area contributed by atoms with Crippen LogP contribution in [0.1, 0.15) is 30.9 Å². The molecule has 1 fully saturated rings. The number of methoxy groups -OCH3 is 2. The van der Waals surface area contributed by atoms with Gasteiger partial charge < -0.3 is 25.0 Å². The first-order valence-corrected chi connectivity index (χ1v) is 10.7. The summed E-state index contributed by atoms with van der Waals surface area (Å²) in [5.74, 6) is 1.76. The van der Waals surface area contributed by atoms with Gasteiger partial charge in [0.1, 0.15) is 5.75 Å². The van der Waals surface area contributed by atoms with E-state index in [0.29, 0.717) is 6.04 Å². The maximum Gasteiger partial charge on any atom is 0.191 e. The second-order valence-electron chi connectivity index (χ2n) is 7.57. The van der Waals surface area contributed by atoms with Crippen LogP contribution in [-0.2, 0) is 4.74 Å². The molecule has 1 saturated heterocycles. The molecule has 2 N–H and O–H groups in total. The van der Waals surface area contributed by atoms with Gasteiger partial charge in [0.2, 0.25) is 0 Å². The van der Waals surface area contributed by atoms with E-state index >= 15 is 0 Å². The molecule has 1 aromatic carbocycles.